The first-order chi connectivity index (χ1) is 14.3. The number of amides is 2. The molecule has 2 amide bonds. The van der Waals surface area contributed by atoms with E-state index >= 15 is 0 Å². The molecule has 1 unspecified atom stereocenters. The van der Waals surface area contributed by atoms with E-state index in [1.807, 2.05) is 0 Å². The average Bonchev–Trinajstić information content (AvgIpc) is 3.28. The van der Waals surface area contributed by atoms with Gasteiger partial charge in [0.15, 0.2) is 5.82 Å². The quantitative estimate of drug-likeness (QED) is 0.705. The van der Waals surface area contributed by atoms with Crippen molar-refractivity contribution < 1.29 is 22.8 Å². The van der Waals surface area contributed by atoms with E-state index in [9.17, 15) is 22.8 Å². The maximum Gasteiger partial charge on any atom is 0.229 e. The maximum atomic E-state index is 14.2. The SMILES string of the molecule is Cc1nnnn1-c1ccc(F)c(NC(=O)C2CC(=O)N(c3cc(F)cc(F)c3)C2)c1. The van der Waals surface area contributed by atoms with E-state index in [2.05, 4.69) is 20.8 Å². The number of hydrogen-bond acceptors (Lipinski definition) is 5. The van der Waals surface area contributed by atoms with Crippen molar-refractivity contribution >= 4 is 23.2 Å². The lowest BCUT2D eigenvalue weighted by Crippen LogP contribution is -2.28. The van der Waals surface area contributed by atoms with Gasteiger partial charge < -0.3 is 10.2 Å². The maximum absolute atomic E-state index is 14.2. The molecular weight excluding hydrogens is 401 g/mol. The predicted molar refractivity (Wildman–Crippen MR) is 99.3 cm³/mol. The summed E-state index contributed by atoms with van der Waals surface area (Å²) in [5.41, 5.74) is 0.360. The van der Waals surface area contributed by atoms with Crippen molar-refractivity contribution in [1.82, 2.24) is 20.2 Å². The Morgan fingerprint density at radius 3 is 2.50 bits per heavy atom. The van der Waals surface area contributed by atoms with E-state index < -0.39 is 35.2 Å². The second-order valence-electron chi connectivity index (χ2n) is 6.82. The van der Waals surface area contributed by atoms with Crippen molar-refractivity contribution in [2.24, 2.45) is 5.92 Å². The van der Waals surface area contributed by atoms with Crippen molar-refractivity contribution in [1.29, 1.82) is 0 Å². The van der Waals surface area contributed by atoms with Crippen LogP contribution in [0.4, 0.5) is 24.5 Å². The number of aryl methyl sites for hydroxylation is 1. The van der Waals surface area contributed by atoms with Crippen LogP contribution in [0.25, 0.3) is 5.69 Å². The van der Waals surface area contributed by atoms with Crippen LogP contribution in [-0.4, -0.2) is 38.6 Å². The fourth-order valence-corrected chi connectivity index (χ4v) is 3.27. The molecule has 1 N–H and O–H groups in total. The van der Waals surface area contributed by atoms with Crippen molar-refractivity contribution in [3.8, 4) is 5.69 Å². The van der Waals surface area contributed by atoms with E-state index in [1.54, 1.807) is 6.92 Å². The standard InChI is InChI=1S/C19H15F3N6O2/c1-10-24-25-26-28(10)14-2-3-16(22)17(8-14)23-19(30)11-4-18(29)27(9-11)15-6-12(20)5-13(21)7-15/h2-3,5-8,11H,4,9H2,1H3,(H,23,30). The number of nitrogens with one attached hydrogen (secondary N) is 1. The molecule has 3 aromatic rings. The van der Waals surface area contributed by atoms with Crippen LogP contribution in [0.3, 0.4) is 0 Å². The lowest BCUT2D eigenvalue weighted by molar-refractivity contribution is -0.122. The number of nitrogens with zero attached hydrogens (tertiary/aromatic N) is 5. The van der Waals surface area contributed by atoms with Gasteiger partial charge in [-0.25, -0.2) is 13.2 Å². The summed E-state index contributed by atoms with van der Waals surface area (Å²) in [6, 6.07) is 6.70. The monoisotopic (exact) mass is 416 g/mol. The number of halogens is 3. The molecule has 0 radical (unpaired) electrons. The number of tetrazole rings is 1. The largest absolute Gasteiger partial charge is 0.323 e. The highest BCUT2D eigenvalue weighted by Crippen LogP contribution is 2.28. The number of carbonyl (C=O) groups is 2. The Hall–Kier alpha value is -3.76. The van der Waals surface area contributed by atoms with Gasteiger partial charge in [0.05, 0.1) is 17.3 Å². The van der Waals surface area contributed by atoms with Gasteiger partial charge in [0.1, 0.15) is 17.5 Å². The molecule has 0 saturated carbocycles. The fourth-order valence-electron chi connectivity index (χ4n) is 3.27. The third-order valence-electron chi connectivity index (χ3n) is 4.73. The fraction of sp³-hybridized carbons (Fsp3) is 0.211. The normalized spacial score (nSPS) is 16.2. The number of carbonyl (C=O) groups excluding carboxylic acids is 2. The predicted octanol–water partition coefficient (Wildman–Crippen LogP) is 2.38. The third-order valence-corrected chi connectivity index (χ3v) is 4.73. The Kier molecular flexibility index (Phi) is 4.94. The molecule has 2 heterocycles. The van der Waals surface area contributed by atoms with Crippen LogP contribution in [0.1, 0.15) is 12.2 Å². The zero-order chi connectivity index (χ0) is 21.4. The topological polar surface area (TPSA) is 93.0 Å². The van der Waals surface area contributed by atoms with Gasteiger partial charge in [-0.15, -0.1) is 5.10 Å². The van der Waals surface area contributed by atoms with Gasteiger partial charge in [0.25, 0.3) is 0 Å². The lowest BCUT2D eigenvalue weighted by Gasteiger charge is -2.17. The zero-order valence-electron chi connectivity index (χ0n) is 15.6. The first kappa shape index (κ1) is 19.6. The Bertz CT molecular complexity index is 1130. The second-order valence-corrected chi connectivity index (χ2v) is 6.82. The van der Waals surface area contributed by atoms with Crippen LogP contribution in [0.15, 0.2) is 36.4 Å². The molecule has 1 aliphatic rings. The minimum Gasteiger partial charge on any atom is -0.323 e. The van der Waals surface area contributed by atoms with Gasteiger partial charge in [0.2, 0.25) is 11.8 Å². The third kappa shape index (κ3) is 3.73. The number of rotatable bonds is 4. The van der Waals surface area contributed by atoms with Crippen LogP contribution in [0.2, 0.25) is 0 Å². The van der Waals surface area contributed by atoms with E-state index in [0.717, 1.165) is 23.1 Å². The van der Waals surface area contributed by atoms with Crippen LogP contribution in [0, 0.1) is 30.3 Å². The highest BCUT2D eigenvalue weighted by molar-refractivity contribution is 6.03. The summed E-state index contributed by atoms with van der Waals surface area (Å²) in [6.45, 7) is 1.58. The molecule has 1 fully saturated rings. The summed E-state index contributed by atoms with van der Waals surface area (Å²) >= 11 is 0. The van der Waals surface area contributed by atoms with Gasteiger partial charge >= 0.3 is 0 Å². The van der Waals surface area contributed by atoms with Crippen LogP contribution in [-0.2, 0) is 9.59 Å². The van der Waals surface area contributed by atoms with Gasteiger partial charge in [-0.1, -0.05) is 0 Å². The highest BCUT2D eigenvalue weighted by Gasteiger charge is 2.35. The van der Waals surface area contributed by atoms with E-state index in [0.29, 0.717) is 17.6 Å². The second kappa shape index (κ2) is 7.58. The first-order valence-electron chi connectivity index (χ1n) is 8.94. The summed E-state index contributed by atoms with van der Waals surface area (Å²) in [7, 11) is 0. The van der Waals surface area contributed by atoms with E-state index in [1.165, 1.54) is 16.8 Å². The molecule has 4 rings (SSSR count). The number of benzene rings is 2. The molecule has 1 aromatic heterocycles. The average molecular weight is 416 g/mol. The zero-order valence-corrected chi connectivity index (χ0v) is 15.6. The van der Waals surface area contributed by atoms with E-state index in [-0.39, 0.29) is 24.3 Å². The number of hydrogen-bond donors (Lipinski definition) is 1. The Labute approximate surface area is 168 Å². The van der Waals surface area contributed by atoms with Crippen LogP contribution < -0.4 is 10.2 Å². The molecular formula is C19H15F3N6O2. The summed E-state index contributed by atoms with van der Waals surface area (Å²) in [5, 5.41) is 13.5. The summed E-state index contributed by atoms with van der Waals surface area (Å²) in [4.78, 5) is 26.0. The van der Waals surface area contributed by atoms with Crippen LogP contribution >= 0.6 is 0 Å². The van der Waals surface area contributed by atoms with Crippen molar-refractivity contribution in [3.05, 3.63) is 59.7 Å². The van der Waals surface area contributed by atoms with Gasteiger partial charge in [-0.05, 0) is 47.7 Å². The molecule has 0 aliphatic carbocycles. The Balaban J connectivity index is 1.52. The summed E-state index contributed by atoms with van der Waals surface area (Å²) in [6.07, 6.45) is -0.169. The number of aromatic nitrogens is 4. The van der Waals surface area contributed by atoms with Crippen molar-refractivity contribution in [2.75, 3.05) is 16.8 Å². The molecule has 1 aliphatic heterocycles. The minimum absolute atomic E-state index is 0.0233. The minimum atomic E-state index is -0.831. The van der Waals surface area contributed by atoms with Gasteiger partial charge in [-0.2, -0.15) is 4.68 Å². The number of anilines is 2. The Morgan fingerprint density at radius 1 is 1.10 bits per heavy atom. The van der Waals surface area contributed by atoms with Crippen molar-refractivity contribution in [2.45, 2.75) is 13.3 Å². The summed E-state index contributed by atoms with van der Waals surface area (Å²) in [5.74, 6) is -3.73. The molecule has 2 aromatic carbocycles. The molecule has 0 spiro atoms. The molecule has 30 heavy (non-hydrogen) atoms. The molecule has 0 bridgehead atoms. The highest BCUT2D eigenvalue weighted by atomic mass is 19.1. The van der Waals surface area contributed by atoms with E-state index in [4.69, 9.17) is 0 Å². The smallest absolute Gasteiger partial charge is 0.229 e. The Morgan fingerprint density at radius 2 is 1.83 bits per heavy atom. The molecule has 154 valence electrons. The van der Waals surface area contributed by atoms with Crippen LogP contribution in [0.5, 0.6) is 0 Å². The van der Waals surface area contributed by atoms with Gasteiger partial charge in [-0.3, -0.25) is 9.59 Å². The van der Waals surface area contributed by atoms with Crippen molar-refractivity contribution in [3.63, 3.8) is 0 Å². The molecule has 1 saturated heterocycles. The molecule has 11 heteroatoms. The lowest BCUT2D eigenvalue weighted by atomic mass is 10.1. The molecule has 8 nitrogen and oxygen atoms in total. The molecule has 1 atom stereocenters. The van der Waals surface area contributed by atoms with Gasteiger partial charge in [0, 0.05) is 24.7 Å². The first-order valence-corrected chi connectivity index (χ1v) is 8.94. The summed E-state index contributed by atoms with van der Waals surface area (Å²) < 4.78 is 42.5.